The molecule has 20 heavy (non-hydrogen) atoms. The van der Waals surface area contributed by atoms with E-state index in [0.29, 0.717) is 0 Å². The number of thioether (sulfide) groups is 1. The molecule has 0 radical (unpaired) electrons. The van der Waals surface area contributed by atoms with Crippen LogP contribution >= 0.6 is 11.8 Å². The number of benzene rings is 1. The second-order valence-corrected chi connectivity index (χ2v) is 6.85. The number of fused-ring (bicyclic) bond motifs is 1. The molecule has 0 spiro atoms. The third kappa shape index (κ3) is 2.85. The summed E-state index contributed by atoms with van der Waals surface area (Å²) in [5, 5.41) is 6.56. The van der Waals surface area contributed by atoms with Crippen molar-refractivity contribution >= 4 is 33.9 Å². The predicted octanol–water partition coefficient (Wildman–Crippen LogP) is 3.82. The van der Waals surface area contributed by atoms with Gasteiger partial charge in [0.05, 0.1) is 0 Å². The molecule has 106 valence electrons. The Hall–Kier alpha value is -1.42. The van der Waals surface area contributed by atoms with E-state index in [1.165, 1.54) is 36.1 Å². The monoisotopic (exact) mass is 287 g/mol. The Balaban J connectivity index is 1.83. The van der Waals surface area contributed by atoms with Crippen LogP contribution in [0.2, 0.25) is 0 Å². The number of rotatable bonds is 3. The number of aryl methyl sites for hydroxylation is 1. The largest absolute Gasteiger partial charge is 0.398 e. The molecular formula is C16H21N3S. The third-order valence-corrected chi connectivity index (χ3v) is 5.26. The maximum absolute atomic E-state index is 6.04. The minimum Gasteiger partial charge on any atom is -0.398 e. The fourth-order valence-corrected chi connectivity index (χ4v) is 3.95. The van der Waals surface area contributed by atoms with Crippen molar-refractivity contribution in [1.29, 1.82) is 0 Å². The van der Waals surface area contributed by atoms with E-state index in [1.807, 2.05) is 19.2 Å². The summed E-state index contributed by atoms with van der Waals surface area (Å²) in [7, 11) is 0. The van der Waals surface area contributed by atoms with Gasteiger partial charge in [-0.1, -0.05) is 6.42 Å². The first-order chi connectivity index (χ1) is 9.74. The number of hydrogen-bond donors (Lipinski definition) is 2. The molecule has 3 rings (SSSR count). The highest BCUT2D eigenvalue weighted by Crippen LogP contribution is 2.30. The summed E-state index contributed by atoms with van der Waals surface area (Å²) >= 11 is 2.09. The highest BCUT2D eigenvalue weighted by molar-refractivity contribution is 7.99. The van der Waals surface area contributed by atoms with E-state index in [2.05, 4.69) is 34.2 Å². The number of nitrogens with two attached hydrogens (primary N) is 1. The van der Waals surface area contributed by atoms with E-state index in [4.69, 9.17) is 5.73 Å². The van der Waals surface area contributed by atoms with Crippen molar-refractivity contribution in [2.75, 3.05) is 23.3 Å². The van der Waals surface area contributed by atoms with Gasteiger partial charge < -0.3 is 11.1 Å². The molecule has 0 bridgehead atoms. The van der Waals surface area contributed by atoms with Crippen molar-refractivity contribution in [3.05, 3.63) is 30.1 Å². The zero-order chi connectivity index (χ0) is 13.9. The smallest absolute Gasteiger partial charge is 0.0423 e. The summed E-state index contributed by atoms with van der Waals surface area (Å²) in [5.41, 5.74) is 9.04. The van der Waals surface area contributed by atoms with Crippen LogP contribution in [0.15, 0.2) is 24.4 Å². The first-order valence-electron chi connectivity index (χ1n) is 7.24. The van der Waals surface area contributed by atoms with Crippen LogP contribution in [-0.2, 0) is 0 Å². The van der Waals surface area contributed by atoms with Crippen molar-refractivity contribution in [2.24, 2.45) is 0 Å². The SMILES string of the molecule is Cc1cc2c(NCC3CCCCS3)ccc(N)c2cn1. The Morgan fingerprint density at radius 3 is 3.05 bits per heavy atom. The maximum atomic E-state index is 6.04. The van der Waals surface area contributed by atoms with Gasteiger partial charge in [0, 0.05) is 45.8 Å². The molecule has 2 heterocycles. The molecule has 3 nitrogen and oxygen atoms in total. The fourth-order valence-electron chi connectivity index (χ4n) is 2.71. The lowest BCUT2D eigenvalue weighted by molar-refractivity contribution is 0.678. The molecule has 3 N–H and O–H groups in total. The Bertz CT molecular complexity index is 606. The van der Waals surface area contributed by atoms with E-state index in [0.717, 1.165) is 28.6 Å². The van der Waals surface area contributed by atoms with Crippen LogP contribution in [0.5, 0.6) is 0 Å². The van der Waals surface area contributed by atoms with E-state index in [-0.39, 0.29) is 0 Å². The lowest BCUT2D eigenvalue weighted by Crippen LogP contribution is -2.20. The van der Waals surface area contributed by atoms with Crippen molar-refractivity contribution < 1.29 is 0 Å². The summed E-state index contributed by atoms with van der Waals surface area (Å²) in [6, 6.07) is 6.17. The number of nitrogens with zero attached hydrogens (tertiary/aromatic N) is 1. The van der Waals surface area contributed by atoms with Crippen LogP contribution < -0.4 is 11.1 Å². The zero-order valence-corrected chi connectivity index (χ0v) is 12.7. The van der Waals surface area contributed by atoms with Crippen LogP contribution in [0.25, 0.3) is 10.8 Å². The van der Waals surface area contributed by atoms with E-state index in [1.54, 1.807) is 0 Å². The number of nitrogens with one attached hydrogen (secondary N) is 1. The highest BCUT2D eigenvalue weighted by atomic mass is 32.2. The first-order valence-corrected chi connectivity index (χ1v) is 8.29. The molecule has 1 aromatic carbocycles. The Labute approximate surface area is 124 Å². The van der Waals surface area contributed by atoms with Crippen molar-refractivity contribution in [3.8, 4) is 0 Å². The molecule has 0 amide bonds. The Kier molecular flexibility index (Phi) is 4.01. The van der Waals surface area contributed by atoms with Crippen LogP contribution in [0.1, 0.15) is 25.0 Å². The molecule has 4 heteroatoms. The minimum absolute atomic E-state index is 0.735. The average molecular weight is 287 g/mol. The summed E-state index contributed by atoms with van der Waals surface area (Å²) in [6.07, 6.45) is 5.94. The predicted molar refractivity (Wildman–Crippen MR) is 89.5 cm³/mol. The van der Waals surface area contributed by atoms with E-state index < -0.39 is 0 Å². The minimum atomic E-state index is 0.735. The van der Waals surface area contributed by atoms with Crippen molar-refractivity contribution in [2.45, 2.75) is 31.4 Å². The number of aromatic nitrogens is 1. The summed E-state index contributed by atoms with van der Waals surface area (Å²) < 4.78 is 0. The van der Waals surface area contributed by atoms with Gasteiger partial charge in [-0.25, -0.2) is 0 Å². The summed E-state index contributed by atoms with van der Waals surface area (Å²) in [5.74, 6) is 1.30. The van der Waals surface area contributed by atoms with E-state index in [9.17, 15) is 0 Å². The van der Waals surface area contributed by atoms with Crippen LogP contribution in [-0.4, -0.2) is 22.5 Å². The molecular weight excluding hydrogens is 266 g/mol. The van der Waals surface area contributed by atoms with Crippen molar-refractivity contribution in [1.82, 2.24) is 4.98 Å². The second-order valence-electron chi connectivity index (χ2n) is 5.44. The quantitative estimate of drug-likeness (QED) is 0.843. The van der Waals surface area contributed by atoms with Gasteiger partial charge in [-0.05, 0) is 43.7 Å². The molecule has 1 aliphatic heterocycles. The van der Waals surface area contributed by atoms with Crippen molar-refractivity contribution in [3.63, 3.8) is 0 Å². The average Bonchev–Trinajstić information content (AvgIpc) is 2.47. The lowest BCUT2D eigenvalue weighted by atomic mass is 10.1. The molecule has 1 atom stereocenters. The van der Waals surface area contributed by atoms with Gasteiger partial charge in [-0.2, -0.15) is 11.8 Å². The van der Waals surface area contributed by atoms with Crippen LogP contribution in [0.3, 0.4) is 0 Å². The van der Waals surface area contributed by atoms with Gasteiger partial charge in [-0.15, -0.1) is 0 Å². The topological polar surface area (TPSA) is 50.9 Å². The maximum Gasteiger partial charge on any atom is 0.0423 e. The normalized spacial score (nSPS) is 19.1. The van der Waals surface area contributed by atoms with Gasteiger partial charge in [0.25, 0.3) is 0 Å². The molecule has 0 saturated carbocycles. The van der Waals surface area contributed by atoms with Gasteiger partial charge in [0.15, 0.2) is 0 Å². The Morgan fingerprint density at radius 1 is 1.35 bits per heavy atom. The molecule has 1 aliphatic rings. The zero-order valence-electron chi connectivity index (χ0n) is 11.9. The molecule has 1 saturated heterocycles. The first kappa shape index (κ1) is 13.6. The standard InChI is InChI=1S/C16H21N3S/c1-11-8-13-14(10-18-11)15(17)5-6-16(13)19-9-12-4-2-3-7-20-12/h5-6,8,10,12,19H,2-4,7,9,17H2,1H3. The van der Waals surface area contributed by atoms with Gasteiger partial charge in [0.1, 0.15) is 0 Å². The summed E-state index contributed by atoms with van der Waals surface area (Å²) in [6.45, 7) is 3.05. The van der Waals surface area contributed by atoms with Crippen LogP contribution in [0.4, 0.5) is 11.4 Å². The van der Waals surface area contributed by atoms with Gasteiger partial charge in [-0.3, -0.25) is 4.98 Å². The molecule has 1 fully saturated rings. The lowest BCUT2D eigenvalue weighted by Gasteiger charge is -2.22. The highest BCUT2D eigenvalue weighted by Gasteiger charge is 2.14. The van der Waals surface area contributed by atoms with Crippen LogP contribution in [0, 0.1) is 6.92 Å². The number of pyridine rings is 1. The third-order valence-electron chi connectivity index (χ3n) is 3.87. The van der Waals surface area contributed by atoms with E-state index >= 15 is 0 Å². The molecule has 0 aliphatic carbocycles. The van der Waals surface area contributed by atoms with Gasteiger partial charge >= 0.3 is 0 Å². The Morgan fingerprint density at radius 2 is 2.25 bits per heavy atom. The molecule has 1 unspecified atom stereocenters. The summed E-state index contributed by atoms with van der Waals surface area (Å²) in [4.78, 5) is 4.35. The number of hydrogen-bond acceptors (Lipinski definition) is 4. The van der Waals surface area contributed by atoms with Gasteiger partial charge in [0.2, 0.25) is 0 Å². The fraction of sp³-hybridized carbons (Fsp3) is 0.438. The second kappa shape index (κ2) is 5.92. The molecule has 1 aromatic heterocycles. The molecule has 2 aromatic rings. The number of anilines is 2. The number of nitrogen functional groups attached to an aromatic ring is 1.